The molecule has 1 amide bonds. The maximum Gasteiger partial charge on any atom is 0.219 e. The second-order valence-electron chi connectivity index (χ2n) is 6.47. The molecular weight excluding hydrogens is 246 g/mol. The zero-order valence-corrected chi connectivity index (χ0v) is 13.4. The Balaban J connectivity index is 4.88. The Morgan fingerprint density at radius 2 is 1.89 bits per heavy atom. The van der Waals surface area contributed by atoms with Crippen LogP contribution in [-0.2, 0) is 14.0 Å². The summed E-state index contributed by atoms with van der Waals surface area (Å²) in [5.41, 5.74) is 5.26. The van der Waals surface area contributed by atoms with E-state index < -0.39 is 8.32 Å². The van der Waals surface area contributed by atoms with Crippen molar-refractivity contribution in [2.75, 3.05) is 0 Å². The first-order valence-corrected chi connectivity index (χ1v) is 9.32. The summed E-state index contributed by atoms with van der Waals surface area (Å²) in [7, 11) is -1.95. The molecule has 0 aliphatic rings. The largest absolute Gasteiger partial charge is 0.413 e. The maximum absolute atomic E-state index is 11.1. The minimum absolute atomic E-state index is 0.0177. The van der Waals surface area contributed by atoms with Crippen molar-refractivity contribution in [3.8, 4) is 0 Å². The Kier molecular flexibility index (Phi) is 6.23. The molecular formula is C13H27NO3Si. The summed E-state index contributed by atoms with van der Waals surface area (Å²) >= 11 is 0. The van der Waals surface area contributed by atoms with Crippen molar-refractivity contribution in [3.05, 3.63) is 0 Å². The number of carbonyl (C=O) groups is 2. The average Bonchev–Trinajstić information content (AvgIpc) is 2.14. The summed E-state index contributed by atoms with van der Waals surface area (Å²) in [5, 5.41) is 0.0732. The zero-order chi connectivity index (χ0) is 14.6. The number of rotatable bonds is 7. The first-order chi connectivity index (χ1) is 8.01. The summed E-state index contributed by atoms with van der Waals surface area (Å²) in [6.45, 7) is 12.6. The molecule has 2 atom stereocenters. The first-order valence-electron chi connectivity index (χ1n) is 6.41. The summed E-state index contributed by atoms with van der Waals surface area (Å²) in [6, 6.07) is 0. The second kappa shape index (κ2) is 6.47. The molecule has 0 aromatic carbocycles. The minimum Gasteiger partial charge on any atom is -0.413 e. The van der Waals surface area contributed by atoms with E-state index in [2.05, 4.69) is 33.9 Å². The molecule has 0 rings (SSSR count). The van der Waals surface area contributed by atoms with E-state index in [9.17, 15) is 9.59 Å². The van der Waals surface area contributed by atoms with E-state index in [4.69, 9.17) is 10.2 Å². The average molecular weight is 273 g/mol. The van der Waals surface area contributed by atoms with Crippen LogP contribution in [0.3, 0.4) is 0 Å². The van der Waals surface area contributed by atoms with Crippen LogP contribution in [0.5, 0.6) is 0 Å². The van der Waals surface area contributed by atoms with E-state index in [1.807, 2.05) is 6.92 Å². The molecule has 0 aliphatic carbocycles. The van der Waals surface area contributed by atoms with Crippen LogP contribution in [0.25, 0.3) is 0 Å². The van der Waals surface area contributed by atoms with Crippen LogP contribution in [0.4, 0.5) is 0 Å². The number of amides is 1. The molecule has 18 heavy (non-hydrogen) atoms. The molecule has 0 fully saturated rings. The highest BCUT2D eigenvalue weighted by atomic mass is 28.4. The van der Waals surface area contributed by atoms with Gasteiger partial charge in [0.1, 0.15) is 6.29 Å². The Labute approximate surface area is 111 Å². The van der Waals surface area contributed by atoms with E-state index >= 15 is 0 Å². The molecule has 0 unspecified atom stereocenters. The van der Waals surface area contributed by atoms with Crippen LogP contribution in [0.2, 0.25) is 18.1 Å². The number of hydrogen-bond donors (Lipinski definition) is 1. The van der Waals surface area contributed by atoms with E-state index in [0.717, 1.165) is 6.29 Å². The van der Waals surface area contributed by atoms with Crippen molar-refractivity contribution < 1.29 is 14.0 Å². The molecule has 0 aromatic rings. The maximum atomic E-state index is 11.1. The van der Waals surface area contributed by atoms with Gasteiger partial charge in [0.05, 0.1) is 12.5 Å². The Bertz CT molecular complexity index is 297. The SMILES string of the molecule is C[C@H](CC=O)[C@H](CC(N)=O)O[Si](C)(C)C(C)(C)C. The zero-order valence-electron chi connectivity index (χ0n) is 12.4. The number of aldehydes is 1. The number of primary amides is 1. The highest BCUT2D eigenvalue weighted by Gasteiger charge is 2.40. The third-order valence-electron chi connectivity index (χ3n) is 3.76. The molecule has 106 valence electrons. The molecule has 0 spiro atoms. The van der Waals surface area contributed by atoms with Crippen LogP contribution >= 0.6 is 0 Å². The predicted octanol–water partition coefficient (Wildman–Crippen LogP) is 2.48. The molecule has 0 aromatic heterocycles. The summed E-state index contributed by atoms with van der Waals surface area (Å²) in [4.78, 5) is 21.7. The molecule has 0 bridgehead atoms. The topological polar surface area (TPSA) is 69.4 Å². The third kappa shape index (κ3) is 5.31. The van der Waals surface area contributed by atoms with Gasteiger partial charge in [-0.15, -0.1) is 0 Å². The molecule has 0 saturated carbocycles. The van der Waals surface area contributed by atoms with Crippen molar-refractivity contribution >= 4 is 20.5 Å². The smallest absolute Gasteiger partial charge is 0.219 e. The van der Waals surface area contributed by atoms with Gasteiger partial charge < -0.3 is 15.0 Å². The van der Waals surface area contributed by atoms with Crippen molar-refractivity contribution in [1.82, 2.24) is 0 Å². The molecule has 0 heterocycles. The van der Waals surface area contributed by atoms with Gasteiger partial charge in [-0.25, -0.2) is 0 Å². The summed E-state index contributed by atoms with van der Waals surface area (Å²) in [5.74, 6) is -0.361. The lowest BCUT2D eigenvalue weighted by Crippen LogP contribution is -2.46. The van der Waals surface area contributed by atoms with E-state index in [0.29, 0.717) is 6.42 Å². The van der Waals surface area contributed by atoms with Crippen LogP contribution in [0.15, 0.2) is 0 Å². The fourth-order valence-electron chi connectivity index (χ4n) is 1.42. The van der Waals surface area contributed by atoms with E-state index in [-0.39, 0.29) is 29.4 Å². The summed E-state index contributed by atoms with van der Waals surface area (Å²) < 4.78 is 6.21. The van der Waals surface area contributed by atoms with E-state index in [1.54, 1.807) is 0 Å². The fraction of sp³-hybridized carbons (Fsp3) is 0.846. The fourth-order valence-corrected chi connectivity index (χ4v) is 2.84. The third-order valence-corrected chi connectivity index (χ3v) is 8.26. The van der Waals surface area contributed by atoms with Gasteiger partial charge in [0.25, 0.3) is 0 Å². The van der Waals surface area contributed by atoms with Gasteiger partial charge in [0.2, 0.25) is 5.91 Å². The molecule has 5 heteroatoms. The quantitative estimate of drug-likeness (QED) is 0.572. The van der Waals surface area contributed by atoms with Crippen molar-refractivity contribution in [2.24, 2.45) is 11.7 Å². The van der Waals surface area contributed by atoms with Gasteiger partial charge in [-0.05, 0) is 24.1 Å². The van der Waals surface area contributed by atoms with Crippen molar-refractivity contribution in [2.45, 2.75) is 64.8 Å². The van der Waals surface area contributed by atoms with Gasteiger partial charge in [-0.2, -0.15) is 0 Å². The number of carbonyl (C=O) groups excluding carboxylic acids is 2. The number of hydrogen-bond acceptors (Lipinski definition) is 3. The molecule has 2 N–H and O–H groups in total. The highest BCUT2D eigenvalue weighted by Crippen LogP contribution is 2.38. The lowest BCUT2D eigenvalue weighted by atomic mass is 9.99. The highest BCUT2D eigenvalue weighted by molar-refractivity contribution is 6.74. The van der Waals surface area contributed by atoms with Gasteiger partial charge >= 0.3 is 0 Å². The van der Waals surface area contributed by atoms with Crippen LogP contribution in [0.1, 0.15) is 40.5 Å². The molecule has 0 radical (unpaired) electrons. The lowest BCUT2D eigenvalue weighted by Gasteiger charge is -2.40. The van der Waals surface area contributed by atoms with Crippen LogP contribution in [0, 0.1) is 5.92 Å². The lowest BCUT2D eigenvalue weighted by molar-refractivity contribution is -0.121. The van der Waals surface area contributed by atoms with Gasteiger partial charge in [0, 0.05) is 6.42 Å². The minimum atomic E-state index is -1.95. The standard InChI is InChI=1S/C13H27NO3Si/c1-10(7-8-15)11(9-12(14)16)17-18(5,6)13(2,3)4/h8,10-11H,7,9H2,1-6H3,(H2,14,16)/t10-,11+/m1/s1. The Morgan fingerprint density at radius 1 is 1.39 bits per heavy atom. The van der Waals surface area contributed by atoms with Crippen molar-refractivity contribution in [1.29, 1.82) is 0 Å². The van der Waals surface area contributed by atoms with Gasteiger partial charge in [0.15, 0.2) is 8.32 Å². The Morgan fingerprint density at radius 3 is 2.22 bits per heavy atom. The van der Waals surface area contributed by atoms with E-state index in [1.165, 1.54) is 0 Å². The van der Waals surface area contributed by atoms with Crippen molar-refractivity contribution in [3.63, 3.8) is 0 Å². The predicted molar refractivity (Wildman–Crippen MR) is 75.7 cm³/mol. The molecule has 4 nitrogen and oxygen atoms in total. The molecule has 0 saturated heterocycles. The van der Waals surface area contributed by atoms with Crippen LogP contribution < -0.4 is 5.73 Å². The first kappa shape index (κ1) is 17.3. The summed E-state index contributed by atoms with van der Waals surface area (Å²) in [6.07, 6.45) is 1.19. The van der Waals surface area contributed by atoms with Gasteiger partial charge in [-0.3, -0.25) is 4.79 Å². The normalized spacial score (nSPS) is 16.1. The van der Waals surface area contributed by atoms with Crippen LogP contribution in [-0.4, -0.2) is 26.6 Å². The number of nitrogens with two attached hydrogens (primary N) is 1. The van der Waals surface area contributed by atoms with Gasteiger partial charge in [-0.1, -0.05) is 27.7 Å². The second-order valence-corrected chi connectivity index (χ2v) is 11.2. The Hall–Kier alpha value is -0.683. The molecule has 0 aliphatic heterocycles. The monoisotopic (exact) mass is 273 g/mol.